The minimum Gasteiger partial charge on any atom is -0.504 e. The van der Waals surface area contributed by atoms with Gasteiger partial charge >= 0.3 is 0 Å². The number of aromatic hydroxyl groups is 6. The number of phenolic OH excluding ortho intramolecular Hbond substituents is 6. The van der Waals surface area contributed by atoms with Crippen LogP contribution >= 0.6 is 0 Å². The smallest absolute Gasteiger partial charge is 0.262 e. The maximum absolute atomic E-state index is 12.4. The van der Waals surface area contributed by atoms with Crippen LogP contribution in [0.2, 0.25) is 0 Å². The van der Waals surface area contributed by atoms with Crippen LogP contribution in [0.15, 0.2) is 35.4 Å². The van der Waals surface area contributed by atoms with Crippen LogP contribution in [0.5, 0.6) is 34.5 Å². The van der Waals surface area contributed by atoms with E-state index in [9.17, 15) is 45.5 Å². The van der Waals surface area contributed by atoms with Crippen LogP contribution in [-0.4, -0.2) is 48.5 Å². The first-order valence-corrected chi connectivity index (χ1v) is 9.85. The Balaban J connectivity index is 2.11. The van der Waals surface area contributed by atoms with Gasteiger partial charge in [0.25, 0.3) is 5.91 Å². The number of hydrogen-bond donors (Lipinski definition) is 8. The van der Waals surface area contributed by atoms with Crippen LogP contribution in [0.25, 0.3) is 12.2 Å². The molecule has 0 aromatic heterocycles. The molecule has 0 radical (unpaired) electrons. The van der Waals surface area contributed by atoms with Gasteiger partial charge in [0.1, 0.15) is 11.6 Å². The van der Waals surface area contributed by atoms with E-state index in [0.717, 1.165) is 30.3 Å². The zero-order chi connectivity index (χ0) is 25.6. The molecular weight excluding hydrogens is 446 g/mol. The third-order valence-electron chi connectivity index (χ3n) is 4.74. The van der Waals surface area contributed by atoms with Crippen LogP contribution in [-0.2, 0) is 9.59 Å². The van der Waals surface area contributed by atoms with Crippen molar-refractivity contribution in [3.63, 3.8) is 0 Å². The first kappa shape index (κ1) is 25.4. The number of nitrogens with one attached hydrogen (secondary N) is 1. The van der Waals surface area contributed by atoms with Crippen molar-refractivity contribution in [1.82, 2.24) is 5.32 Å². The second kappa shape index (κ2) is 10.6. The fourth-order valence-electron chi connectivity index (χ4n) is 2.95. The number of rotatable bonds is 8. The van der Waals surface area contributed by atoms with Crippen molar-refractivity contribution in [2.24, 2.45) is 5.73 Å². The molecule has 0 heterocycles. The number of nitriles is 1. The number of phenols is 6. The Labute approximate surface area is 193 Å². The average Bonchev–Trinajstić information content (AvgIpc) is 2.76. The number of hydrogen-bond acceptors (Lipinski definition) is 9. The molecule has 2 aromatic rings. The topological polar surface area (TPSA) is 217 Å². The van der Waals surface area contributed by atoms with E-state index in [1.807, 2.05) is 0 Å². The lowest BCUT2D eigenvalue weighted by Crippen LogP contribution is -2.33. The molecule has 11 heteroatoms. The molecule has 0 fully saturated rings. The molecule has 0 spiro atoms. The van der Waals surface area contributed by atoms with Crippen LogP contribution in [0.4, 0.5) is 0 Å². The van der Waals surface area contributed by atoms with E-state index >= 15 is 0 Å². The lowest BCUT2D eigenvalue weighted by molar-refractivity contribution is -0.117. The number of carbonyl (C=O) groups is 2. The number of nitrogens with zero attached hydrogens (tertiary/aromatic N) is 1. The van der Waals surface area contributed by atoms with E-state index < -0.39 is 52.4 Å². The molecule has 34 heavy (non-hydrogen) atoms. The fraction of sp³-hybridized carbons (Fsp3) is 0.174. The number of primary amides is 1. The maximum Gasteiger partial charge on any atom is 0.262 e. The minimum atomic E-state index is -0.768. The van der Waals surface area contributed by atoms with Gasteiger partial charge in [0, 0.05) is 11.6 Å². The van der Waals surface area contributed by atoms with Crippen molar-refractivity contribution < 1.29 is 40.2 Å². The zero-order valence-corrected chi connectivity index (χ0v) is 18.0. The molecule has 2 rings (SSSR count). The van der Waals surface area contributed by atoms with Gasteiger partial charge in [-0.15, -0.1) is 0 Å². The number of benzene rings is 2. The van der Waals surface area contributed by atoms with Gasteiger partial charge in [0.2, 0.25) is 5.91 Å². The quantitative estimate of drug-likeness (QED) is 0.160. The summed E-state index contributed by atoms with van der Waals surface area (Å²) in [5.41, 5.74) is 5.49. The van der Waals surface area contributed by atoms with Gasteiger partial charge in [-0.05, 0) is 67.3 Å². The van der Waals surface area contributed by atoms with Crippen molar-refractivity contribution in [1.29, 1.82) is 5.26 Å². The standard InChI is InChI=1S/C23H23N3O8/c1-11(2-3-14(22(25)33)4-12-6-16(27)20(31)17(28)7-12)26-23(34)15(10-24)5-13-8-18(29)21(32)19(30)9-13/h4-9,11,27-32H,2-3H2,1H3,(H2,25,33)(H,26,34). The molecular formula is C23H23N3O8. The molecule has 2 aromatic carbocycles. The average molecular weight is 469 g/mol. The number of carbonyl (C=O) groups excluding carboxylic acids is 2. The lowest BCUT2D eigenvalue weighted by Gasteiger charge is -2.14. The van der Waals surface area contributed by atoms with Crippen LogP contribution in [0.1, 0.15) is 30.9 Å². The Morgan fingerprint density at radius 3 is 1.79 bits per heavy atom. The summed E-state index contributed by atoms with van der Waals surface area (Å²) in [6, 6.07) is 5.58. The van der Waals surface area contributed by atoms with E-state index in [2.05, 4.69) is 5.32 Å². The third-order valence-corrected chi connectivity index (χ3v) is 4.74. The van der Waals surface area contributed by atoms with Gasteiger partial charge in [-0.1, -0.05) is 0 Å². The first-order chi connectivity index (χ1) is 15.9. The van der Waals surface area contributed by atoms with E-state index in [1.54, 1.807) is 13.0 Å². The largest absolute Gasteiger partial charge is 0.504 e. The highest BCUT2D eigenvalue weighted by Crippen LogP contribution is 2.37. The summed E-state index contributed by atoms with van der Waals surface area (Å²) in [6.07, 6.45) is 2.76. The predicted octanol–water partition coefficient (Wildman–Crippen LogP) is 1.68. The predicted molar refractivity (Wildman–Crippen MR) is 120 cm³/mol. The zero-order valence-electron chi connectivity index (χ0n) is 18.0. The Morgan fingerprint density at radius 2 is 1.38 bits per heavy atom. The molecule has 2 amide bonds. The van der Waals surface area contributed by atoms with Gasteiger partial charge < -0.3 is 41.7 Å². The van der Waals surface area contributed by atoms with Gasteiger partial charge in [-0.25, -0.2) is 0 Å². The van der Waals surface area contributed by atoms with Crippen LogP contribution in [0.3, 0.4) is 0 Å². The molecule has 1 atom stereocenters. The normalized spacial score (nSPS) is 12.6. The van der Waals surface area contributed by atoms with Crippen molar-refractivity contribution in [3.05, 3.63) is 46.5 Å². The summed E-state index contributed by atoms with van der Waals surface area (Å²) >= 11 is 0. The number of amides is 2. The summed E-state index contributed by atoms with van der Waals surface area (Å²) < 4.78 is 0. The highest BCUT2D eigenvalue weighted by atomic mass is 16.3. The van der Waals surface area contributed by atoms with E-state index in [1.165, 1.54) is 6.08 Å². The molecule has 11 nitrogen and oxygen atoms in total. The van der Waals surface area contributed by atoms with Crippen LogP contribution < -0.4 is 11.1 Å². The van der Waals surface area contributed by atoms with Gasteiger partial charge in [0.05, 0.1) is 0 Å². The molecule has 178 valence electrons. The van der Waals surface area contributed by atoms with Crippen molar-refractivity contribution in [2.45, 2.75) is 25.8 Å². The fourth-order valence-corrected chi connectivity index (χ4v) is 2.95. The van der Waals surface area contributed by atoms with Gasteiger partial charge in [-0.2, -0.15) is 5.26 Å². The summed E-state index contributed by atoms with van der Waals surface area (Å²) in [6.45, 7) is 1.63. The first-order valence-electron chi connectivity index (χ1n) is 9.85. The second-order valence-electron chi connectivity index (χ2n) is 7.43. The Bertz CT molecular complexity index is 1180. The molecule has 1 unspecified atom stereocenters. The summed E-state index contributed by atoms with van der Waals surface area (Å²) in [7, 11) is 0. The molecule has 0 aliphatic rings. The number of nitrogens with two attached hydrogens (primary N) is 1. The SMILES string of the molecule is CC(CCC(=Cc1cc(O)c(O)c(O)c1)C(N)=O)NC(=O)C(C#N)=Cc1cc(O)c(O)c(O)c1. The molecule has 0 aliphatic heterocycles. The molecule has 0 saturated carbocycles. The highest BCUT2D eigenvalue weighted by Gasteiger charge is 2.16. The van der Waals surface area contributed by atoms with Crippen molar-refractivity contribution in [2.75, 3.05) is 0 Å². The van der Waals surface area contributed by atoms with E-state index in [0.29, 0.717) is 0 Å². The summed E-state index contributed by atoms with van der Waals surface area (Å²) in [5.74, 6) is -5.37. The van der Waals surface area contributed by atoms with E-state index in [4.69, 9.17) is 5.73 Å². The lowest BCUT2D eigenvalue weighted by atomic mass is 10.0. The Hall–Kier alpha value is -4.85. The van der Waals surface area contributed by atoms with Crippen molar-refractivity contribution >= 4 is 24.0 Å². The van der Waals surface area contributed by atoms with Crippen LogP contribution in [0, 0.1) is 11.3 Å². The summed E-state index contributed by atoms with van der Waals surface area (Å²) in [4.78, 5) is 24.2. The Morgan fingerprint density at radius 1 is 0.941 bits per heavy atom. The Kier molecular flexibility index (Phi) is 7.96. The highest BCUT2D eigenvalue weighted by molar-refractivity contribution is 6.02. The van der Waals surface area contributed by atoms with E-state index in [-0.39, 0.29) is 35.1 Å². The second-order valence-corrected chi connectivity index (χ2v) is 7.43. The molecule has 9 N–H and O–H groups in total. The summed E-state index contributed by atoms with van der Waals surface area (Å²) in [5, 5.41) is 69.0. The molecule has 0 bridgehead atoms. The van der Waals surface area contributed by atoms with Crippen molar-refractivity contribution in [3.8, 4) is 40.6 Å². The minimum absolute atomic E-state index is 0.102. The maximum atomic E-state index is 12.4. The van der Waals surface area contributed by atoms with Gasteiger partial charge in [0.15, 0.2) is 34.5 Å². The monoisotopic (exact) mass is 469 g/mol. The molecule has 0 saturated heterocycles. The van der Waals surface area contributed by atoms with Gasteiger partial charge in [-0.3, -0.25) is 9.59 Å². The molecule has 0 aliphatic carbocycles. The third kappa shape index (κ3) is 6.33.